The second-order valence-corrected chi connectivity index (χ2v) is 21.5. The molecular weight excluding hydrogens is 910 g/mol. The number of amides is 2. The minimum Gasteiger partial charge on any atom is -0.463 e. The van der Waals surface area contributed by atoms with Gasteiger partial charge in [-0.05, 0) is 117 Å². The number of nitrogens with one attached hydrogen (secondary N) is 1. The number of anilines is 2. The molecule has 5 aliphatic rings. The van der Waals surface area contributed by atoms with Gasteiger partial charge in [-0.25, -0.2) is 13.2 Å². The maximum Gasteiger partial charge on any atom is 0.319 e. The zero-order valence-electron chi connectivity index (χ0n) is 41.2. The van der Waals surface area contributed by atoms with E-state index in [9.17, 15) is 14.7 Å². The third-order valence-electron chi connectivity index (χ3n) is 16.0. The Kier molecular flexibility index (Phi) is 12.2. The summed E-state index contributed by atoms with van der Waals surface area (Å²) in [6, 6.07) is 13.3. The van der Waals surface area contributed by atoms with Gasteiger partial charge in [0.05, 0.1) is 34.7 Å². The number of imide groups is 1. The maximum atomic E-state index is 17.2. The van der Waals surface area contributed by atoms with E-state index in [1.807, 2.05) is 44.0 Å². The molecule has 374 valence electrons. The minimum absolute atomic E-state index is 0.0485. The molecule has 7 heterocycles. The number of aryl methyl sites for hydroxylation is 3. The van der Waals surface area contributed by atoms with Crippen LogP contribution >= 0.6 is 0 Å². The molecule has 5 fully saturated rings. The summed E-state index contributed by atoms with van der Waals surface area (Å²) in [5.41, 5.74) is 2.31. The van der Waals surface area contributed by atoms with E-state index >= 15 is 13.2 Å². The van der Waals surface area contributed by atoms with Crippen LogP contribution in [0.25, 0.3) is 43.8 Å². The van der Waals surface area contributed by atoms with Crippen molar-refractivity contribution in [2.24, 2.45) is 12.5 Å². The van der Waals surface area contributed by atoms with Crippen molar-refractivity contribution in [3.63, 3.8) is 0 Å². The van der Waals surface area contributed by atoms with Crippen molar-refractivity contribution < 1.29 is 32.6 Å². The third kappa shape index (κ3) is 9.29. The lowest BCUT2D eigenvalue weighted by atomic mass is 9.91. The first-order valence-electron chi connectivity index (χ1n) is 25.4. The third-order valence-corrected chi connectivity index (χ3v) is 16.0. The number of piperazine rings is 1. The largest absolute Gasteiger partial charge is 0.463 e. The number of hydrogen-bond donors (Lipinski definition) is 2. The van der Waals surface area contributed by atoms with Crippen LogP contribution < -0.4 is 19.9 Å². The van der Waals surface area contributed by atoms with E-state index in [0.717, 1.165) is 79.5 Å². The fraction of sp³-hybridized carbons (Fsp3) is 0.519. The van der Waals surface area contributed by atoms with Crippen molar-refractivity contribution in [2.75, 3.05) is 81.9 Å². The van der Waals surface area contributed by atoms with Gasteiger partial charge >= 0.3 is 6.01 Å². The average Bonchev–Trinajstić information content (AvgIpc) is 4.04. The number of benzene rings is 3. The van der Waals surface area contributed by atoms with Crippen LogP contribution in [0.1, 0.15) is 88.0 Å². The highest BCUT2D eigenvalue weighted by Crippen LogP contribution is 2.48. The summed E-state index contributed by atoms with van der Waals surface area (Å²) in [7, 11) is 1.88. The van der Waals surface area contributed by atoms with Crippen LogP contribution in [0, 0.1) is 24.0 Å². The summed E-state index contributed by atoms with van der Waals surface area (Å²) in [6.07, 6.45) is 6.91. The van der Waals surface area contributed by atoms with Crippen molar-refractivity contribution in [2.45, 2.75) is 95.7 Å². The number of aromatic nitrogens is 5. The minimum atomic E-state index is -1.28. The van der Waals surface area contributed by atoms with Crippen LogP contribution in [0.2, 0.25) is 0 Å². The van der Waals surface area contributed by atoms with Crippen molar-refractivity contribution in [3.8, 4) is 17.3 Å². The molecule has 1 aliphatic carbocycles. The van der Waals surface area contributed by atoms with Crippen molar-refractivity contribution in [1.29, 1.82) is 0 Å². The van der Waals surface area contributed by atoms with Gasteiger partial charge < -0.3 is 24.5 Å². The number of carbonyl (C=O) groups is 2. The van der Waals surface area contributed by atoms with E-state index in [-0.39, 0.29) is 40.3 Å². The molecule has 3 aromatic heterocycles. The standard InChI is InChI=1S/C54H63F3N10O4/c1-5-36-41(55)11-7-34-25-33(2)26-39(44(34)36)47-45(56)48-40(28-58-47)49(67-18-6-13-52(3,70)29-67)61-51(60-48)71-32-53(14-15-53)30-64-19-16-54(57,17-20-64)31-65-21-23-66(24-22-65)35-8-9-37-42(27-35)63(4)62-46(37)38-10-12-43(68)59-50(38)69/h7-9,11,25-28,38,70H,5-6,10,12-24,29-32H2,1-4H3,(H,59,68,69)/t38?,52-/m1/s1. The summed E-state index contributed by atoms with van der Waals surface area (Å²) in [6.45, 7) is 12.3. The number of rotatable bonds is 12. The van der Waals surface area contributed by atoms with Gasteiger partial charge in [0.2, 0.25) is 11.8 Å². The van der Waals surface area contributed by atoms with Crippen molar-refractivity contribution in [3.05, 3.63) is 77.1 Å². The van der Waals surface area contributed by atoms with Crippen molar-refractivity contribution in [1.82, 2.24) is 39.8 Å². The molecule has 17 heteroatoms. The number of halogens is 3. The Labute approximate surface area is 411 Å². The van der Waals surface area contributed by atoms with Gasteiger partial charge in [-0.3, -0.25) is 29.5 Å². The van der Waals surface area contributed by atoms with Gasteiger partial charge in [-0.15, -0.1) is 0 Å². The summed E-state index contributed by atoms with van der Waals surface area (Å²) < 4.78 is 57.3. The van der Waals surface area contributed by atoms with E-state index in [4.69, 9.17) is 19.8 Å². The molecular formula is C54H63F3N10O4. The second kappa shape index (κ2) is 18.3. The number of likely N-dealkylation sites (tertiary alicyclic amines) is 1. The summed E-state index contributed by atoms with van der Waals surface area (Å²) in [4.78, 5) is 47.6. The molecule has 0 radical (unpaired) electrons. The van der Waals surface area contributed by atoms with Gasteiger partial charge in [0.1, 0.15) is 28.5 Å². The molecule has 11 rings (SSSR count). The van der Waals surface area contributed by atoms with Crippen LogP contribution in [-0.4, -0.2) is 135 Å². The molecule has 4 saturated heterocycles. The number of fused-ring (bicyclic) bond motifs is 3. The SMILES string of the molecule is CCc1c(F)ccc2cc(C)cc(-c3ncc4c(N5CCC[C@@](C)(O)C5)nc(OCC5(CN6CCC(F)(CN7CCN(c8ccc9c(C%10CCC(=O)NC%10=O)nn(C)c9c8)CC7)CC6)CC5)nc4c3F)c12. The average molecular weight is 973 g/mol. The lowest BCUT2D eigenvalue weighted by molar-refractivity contribution is -0.134. The number of hydrogen-bond acceptors (Lipinski definition) is 12. The fourth-order valence-electron chi connectivity index (χ4n) is 11.8. The number of ether oxygens (including phenoxy) is 1. The molecule has 3 aromatic carbocycles. The lowest BCUT2D eigenvalue weighted by Gasteiger charge is -2.43. The Bertz CT molecular complexity index is 3070. The predicted molar refractivity (Wildman–Crippen MR) is 268 cm³/mol. The molecule has 71 heavy (non-hydrogen) atoms. The molecule has 2 N–H and O–H groups in total. The van der Waals surface area contributed by atoms with Gasteiger partial charge in [-0.2, -0.15) is 15.1 Å². The van der Waals surface area contributed by atoms with E-state index in [0.29, 0.717) is 111 Å². The Morgan fingerprint density at radius 1 is 0.887 bits per heavy atom. The maximum absolute atomic E-state index is 17.2. The monoisotopic (exact) mass is 972 g/mol. The Morgan fingerprint density at radius 2 is 1.66 bits per heavy atom. The first-order valence-corrected chi connectivity index (χ1v) is 25.4. The molecule has 0 bridgehead atoms. The first-order chi connectivity index (χ1) is 34.1. The molecule has 0 spiro atoms. The highest BCUT2D eigenvalue weighted by molar-refractivity contribution is 6.03. The second-order valence-electron chi connectivity index (χ2n) is 21.5. The van der Waals surface area contributed by atoms with Crippen LogP contribution in [0.3, 0.4) is 0 Å². The summed E-state index contributed by atoms with van der Waals surface area (Å²) in [5.74, 6) is -1.53. The highest BCUT2D eigenvalue weighted by Gasteiger charge is 2.47. The number of nitrogens with zero attached hydrogens (tertiary/aromatic N) is 9. The van der Waals surface area contributed by atoms with Crippen LogP contribution in [0.4, 0.5) is 24.7 Å². The molecule has 4 aliphatic heterocycles. The van der Waals surface area contributed by atoms with Crippen molar-refractivity contribution >= 4 is 55.9 Å². The molecule has 1 unspecified atom stereocenters. The molecule has 2 amide bonds. The number of β-amino-alcohol motifs (C(OH)–C–C–N with tert-alkyl or cyclic N) is 1. The van der Waals surface area contributed by atoms with Gasteiger partial charge in [-0.1, -0.05) is 19.1 Å². The van der Waals surface area contributed by atoms with E-state index in [2.05, 4.69) is 37.1 Å². The molecule has 6 aromatic rings. The Hall–Kier alpha value is -5.91. The first kappa shape index (κ1) is 47.4. The smallest absolute Gasteiger partial charge is 0.319 e. The highest BCUT2D eigenvalue weighted by atomic mass is 19.1. The normalized spacial score (nSPS) is 23.0. The van der Waals surface area contributed by atoms with E-state index in [1.54, 1.807) is 23.9 Å². The number of aliphatic hydroxyl groups is 1. The Morgan fingerprint density at radius 3 is 2.39 bits per heavy atom. The number of carbonyl (C=O) groups excluding carboxylic acids is 2. The zero-order valence-corrected chi connectivity index (χ0v) is 41.2. The number of pyridine rings is 1. The topological polar surface area (TPSA) is 145 Å². The van der Waals surface area contributed by atoms with Gasteiger partial charge in [0.15, 0.2) is 5.82 Å². The van der Waals surface area contributed by atoms with E-state index in [1.165, 1.54) is 6.07 Å². The number of alkyl halides is 1. The molecule has 14 nitrogen and oxygen atoms in total. The Balaban J connectivity index is 0.743. The lowest BCUT2D eigenvalue weighted by Crippen LogP contribution is -2.54. The summed E-state index contributed by atoms with van der Waals surface area (Å²) in [5, 5.41) is 21.0. The fourth-order valence-corrected chi connectivity index (χ4v) is 11.8. The van der Waals surface area contributed by atoms with E-state index < -0.39 is 23.0 Å². The van der Waals surface area contributed by atoms with Crippen LogP contribution in [-0.2, 0) is 23.1 Å². The predicted octanol–water partition coefficient (Wildman–Crippen LogP) is 7.54. The molecule has 1 saturated carbocycles. The quantitative estimate of drug-likeness (QED) is 0.117. The zero-order chi connectivity index (χ0) is 49.4. The summed E-state index contributed by atoms with van der Waals surface area (Å²) >= 11 is 0. The molecule has 2 atom stereocenters. The van der Waals surface area contributed by atoms with Crippen LogP contribution in [0.5, 0.6) is 6.01 Å². The number of piperidine rings is 3. The van der Waals surface area contributed by atoms with Gasteiger partial charge in [0.25, 0.3) is 0 Å². The van der Waals surface area contributed by atoms with Crippen LogP contribution in [0.15, 0.2) is 48.7 Å². The van der Waals surface area contributed by atoms with Gasteiger partial charge in [0, 0.05) is 107 Å².